The van der Waals surface area contributed by atoms with Crippen LogP contribution in [0, 0.1) is 5.92 Å². The van der Waals surface area contributed by atoms with Crippen LogP contribution >= 0.6 is 0 Å². The molecule has 1 fully saturated rings. The zero-order valence-corrected chi connectivity index (χ0v) is 18.8. The van der Waals surface area contributed by atoms with Crippen LogP contribution in [0.2, 0.25) is 0 Å². The molecule has 3 aromatic rings. The van der Waals surface area contributed by atoms with Gasteiger partial charge in [0.15, 0.2) is 6.61 Å². The number of benzene rings is 2. The van der Waals surface area contributed by atoms with Crippen LogP contribution in [0.5, 0.6) is 17.2 Å². The minimum Gasteiger partial charge on any atom is -0.497 e. The van der Waals surface area contributed by atoms with Crippen molar-refractivity contribution < 1.29 is 19.0 Å². The van der Waals surface area contributed by atoms with Gasteiger partial charge in [-0.25, -0.2) is 4.98 Å². The summed E-state index contributed by atoms with van der Waals surface area (Å²) in [4.78, 5) is 19.7. The maximum absolute atomic E-state index is 12.5. The Morgan fingerprint density at radius 2 is 2.00 bits per heavy atom. The summed E-state index contributed by atoms with van der Waals surface area (Å²) >= 11 is 0. The van der Waals surface area contributed by atoms with E-state index < -0.39 is 0 Å². The third-order valence-electron chi connectivity index (χ3n) is 5.69. The zero-order valence-electron chi connectivity index (χ0n) is 18.8. The predicted octanol–water partition coefficient (Wildman–Crippen LogP) is 4.51. The smallest absolute Gasteiger partial charge is 0.262 e. The number of anilines is 2. The molecule has 1 aliphatic heterocycles. The van der Waals surface area contributed by atoms with E-state index in [-0.39, 0.29) is 12.5 Å². The number of hydrogen-bond donors (Lipinski definition) is 1. The third-order valence-corrected chi connectivity index (χ3v) is 5.69. The van der Waals surface area contributed by atoms with Crippen molar-refractivity contribution in [3.05, 3.63) is 48.5 Å². The maximum Gasteiger partial charge on any atom is 0.262 e. The molecular formula is C25H29N3O4. The third kappa shape index (κ3) is 4.88. The highest BCUT2D eigenvalue weighted by Gasteiger charge is 2.18. The molecule has 32 heavy (non-hydrogen) atoms. The molecule has 0 spiro atoms. The fourth-order valence-electron chi connectivity index (χ4n) is 4.03. The topological polar surface area (TPSA) is 72.9 Å². The van der Waals surface area contributed by atoms with Crippen LogP contribution in [-0.4, -0.2) is 44.8 Å². The van der Waals surface area contributed by atoms with Crippen LogP contribution in [0.25, 0.3) is 10.9 Å². The highest BCUT2D eigenvalue weighted by molar-refractivity contribution is 5.94. The Balaban J connectivity index is 1.48. The van der Waals surface area contributed by atoms with Crippen molar-refractivity contribution in [2.24, 2.45) is 5.92 Å². The lowest BCUT2D eigenvalue weighted by molar-refractivity contribution is -0.118. The van der Waals surface area contributed by atoms with E-state index in [0.29, 0.717) is 28.9 Å². The van der Waals surface area contributed by atoms with Crippen LogP contribution in [0.4, 0.5) is 11.5 Å². The molecule has 7 heteroatoms. The van der Waals surface area contributed by atoms with Gasteiger partial charge in [0, 0.05) is 24.5 Å². The second-order valence-electron chi connectivity index (χ2n) is 8.09. The molecule has 2 aromatic carbocycles. The minimum absolute atomic E-state index is 0.138. The van der Waals surface area contributed by atoms with Crippen molar-refractivity contribution in [3.63, 3.8) is 0 Å². The van der Waals surface area contributed by atoms with Crippen LogP contribution in [0.15, 0.2) is 48.5 Å². The van der Waals surface area contributed by atoms with E-state index >= 15 is 0 Å². The lowest BCUT2D eigenvalue weighted by Gasteiger charge is -2.32. The largest absolute Gasteiger partial charge is 0.497 e. The molecule has 0 saturated carbocycles. The van der Waals surface area contributed by atoms with Gasteiger partial charge in [0.25, 0.3) is 5.91 Å². The van der Waals surface area contributed by atoms with Crippen molar-refractivity contribution in [2.45, 2.75) is 19.8 Å². The van der Waals surface area contributed by atoms with Gasteiger partial charge in [-0.2, -0.15) is 0 Å². The Labute approximate surface area is 188 Å². The van der Waals surface area contributed by atoms with Crippen LogP contribution in [-0.2, 0) is 4.79 Å². The van der Waals surface area contributed by atoms with E-state index in [1.807, 2.05) is 18.2 Å². The highest BCUT2D eigenvalue weighted by Crippen LogP contribution is 2.30. The Bertz CT molecular complexity index is 1100. The molecule has 2 heterocycles. The summed E-state index contributed by atoms with van der Waals surface area (Å²) in [6.07, 6.45) is 2.43. The number of rotatable bonds is 7. The van der Waals surface area contributed by atoms with Crippen molar-refractivity contribution in [2.75, 3.05) is 44.1 Å². The van der Waals surface area contributed by atoms with Crippen LogP contribution < -0.4 is 24.4 Å². The van der Waals surface area contributed by atoms with E-state index in [1.165, 1.54) is 12.8 Å². The van der Waals surface area contributed by atoms with E-state index in [2.05, 4.69) is 29.3 Å². The van der Waals surface area contributed by atoms with Crippen molar-refractivity contribution in [3.8, 4) is 17.2 Å². The molecule has 1 saturated heterocycles. The monoisotopic (exact) mass is 435 g/mol. The number of piperidine rings is 1. The van der Waals surface area contributed by atoms with E-state index in [1.54, 1.807) is 32.4 Å². The lowest BCUT2D eigenvalue weighted by Crippen LogP contribution is -2.34. The number of pyridine rings is 1. The summed E-state index contributed by atoms with van der Waals surface area (Å²) < 4.78 is 16.4. The number of nitrogens with one attached hydrogen (secondary N) is 1. The average molecular weight is 436 g/mol. The number of hydrogen-bond acceptors (Lipinski definition) is 6. The first-order valence-electron chi connectivity index (χ1n) is 10.9. The van der Waals surface area contributed by atoms with E-state index in [9.17, 15) is 4.79 Å². The Morgan fingerprint density at radius 1 is 1.12 bits per heavy atom. The molecule has 1 aromatic heterocycles. The van der Waals surface area contributed by atoms with Gasteiger partial charge in [0.05, 0.1) is 19.9 Å². The molecule has 1 N–H and O–H groups in total. The average Bonchev–Trinajstić information content (AvgIpc) is 2.82. The van der Waals surface area contributed by atoms with Gasteiger partial charge in [0.2, 0.25) is 0 Å². The summed E-state index contributed by atoms with van der Waals surface area (Å²) in [5, 5.41) is 3.81. The standard InChI is InChI=1S/C25H29N3O4/c1-17-6-5-13-28(15-17)23-12-9-18-7-4-8-21(25(18)27-23)32-16-24(29)26-20-11-10-19(30-2)14-22(20)31-3/h4,7-12,14,17H,5-6,13,15-16H2,1-3H3,(H,26,29). The number of amides is 1. The van der Waals surface area contributed by atoms with Gasteiger partial charge in [-0.15, -0.1) is 0 Å². The van der Waals surface area contributed by atoms with Crippen molar-refractivity contribution in [1.29, 1.82) is 0 Å². The highest BCUT2D eigenvalue weighted by atomic mass is 16.5. The molecule has 1 unspecified atom stereocenters. The summed E-state index contributed by atoms with van der Waals surface area (Å²) in [5.74, 6) is 3.08. The number of ether oxygens (including phenoxy) is 3. The molecule has 1 atom stereocenters. The number of methoxy groups -OCH3 is 2. The molecule has 1 amide bonds. The normalized spacial score (nSPS) is 16.0. The molecule has 7 nitrogen and oxygen atoms in total. The maximum atomic E-state index is 12.5. The number of carbonyl (C=O) groups is 1. The van der Waals surface area contributed by atoms with Gasteiger partial charge < -0.3 is 24.4 Å². The second-order valence-corrected chi connectivity index (χ2v) is 8.09. The summed E-state index contributed by atoms with van der Waals surface area (Å²) in [6.45, 7) is 4.16. The first kappa shape index (κ1) is 21.7. The SMILES string of the molecule is COc1ccc(NC(=O)COc2cccc3ccc(N4CCCC(C)C4)nc23)c(OC)c1. The van der Waals surface area contributed by atoms with Crippen LogP contribution in [0.1, 0.15) is 19.8 Å². The summed E-state index contributed by atoms with van der Waals surface area (Å²) in [5.41, 5.74) is 1.32. The van der Waals surface area contributed by atoms with Crippen molar-refractivity contribution in [1.82, 2.24) is 4.98 Å². The van der Waals surface area contributed by atoms with Gasteiger partial charge >= 0.3 is 0 Å². The zero-order chi connectivity index (χ0) is 22.5. The number of nitrogens with zero attached hydrogens (tertiary/aromatic N) is 2. The summed E-state index contributed by atoms with van der Waals surface area (Å²) in [6, 6.07) is 15.1. The first-order chi connectivity index (χ1) is 15.6. The molecule has 0 aliphatic carbocycles. The summed E-state index contributed by atoms with van der Waals surface area (Å²) in [7, 11) is 3.12. The lowest BCUT2D eigenvalue weighted by atomic mass is 10.0. The van der Waals surface area contributed by atoms with Gasteiger partial charge in [-0.05, 0) is 49.1 Å². The fraction of sp³-hybridized carbons (Fsp3) is 0.360. The number of aromatic nitrogens is 1. The molecule has 1 aliphatic rings. The molecule has 0 radical (unpaired) electrons. The second kappa shape index (κ2) is 9.77. The Hall–Kier alpha value is -3.48. The Kier molecular flexibility index (Phi) is 6.63. The van der Waals surface area contributed by atoms with E-state index in [4.69, 9.17) is 19.2 Å². The predicted molar refractivity (Wildman–Crippen MR) is 126 cm³/mol. The van der Waals surface area contributed by atoms with Gasteiger partial charge in [-0.3, -0.25) is 4.79 Å². The molecule has 0 bridgehead atoms. The van der Waals surface area contributed by atoms with E-state index in [0.717, 1.165) is 29.8 Å². The number of carbonyl (C=O) groups excluding carboxylic acids is 1. The fourth-order valence-corrected chi connectivity index (χ4v) is 4.03. The van der Waals surface area contributed by atoms with Crippen molar-refractivity contribution >= 4 is 28.3 Å². The van der Waals surface area contributed by atoms with Gasteiger partial charge in [0.1, 0.15) is 28.6 Å². The molecule has 4 rings (SSSR count). The van der Waals surface area contributed by atoms with Crippen LogP contribution in [0.3, 0.4) is 0 Å². The molecule has 168 valence electrons. The number of para-hydroxylation sites is 1. The molecular weight excluding hydrogens is 406 g/mol. The minimum atomic E-state index is -0.286. The first-order valence-corrected chi connectivity index (χ1v) is 10.9. The quantitative estimate of drug-likeness (QED) is 0.589. The Morgan fingerprint density at radius 3 is 2.78 bits per heavy atom. The van der Waals surface area contributed by atoms with Gasteiger partial charge in [-0.1, -0.05) is 19.1 Å². The number of fused-ring (bicyclic) bond motifs is 1.